The zero-order valence-corrected chi connectivity index (χ0v) is 13.4. The predicted octanol–water partition coefficient (Wildman–Crippen LogP) is 1.10. The lowest BCUT2D eigenvalue weighted by atomic mass is 10.3. The van der Waals surface area contributed by atoms with Crippen LogP contribution in [0.4, 0.5) is 0 Å². The molecule has 1 heterocycles. The zero-order valence-electron chi connectivity index (χ0n) is 12.6. The van der Waals surface area contributed by atoms with Crippen LogP contribution in [0, 0.1) is 18.8 Å². The average molecular weight is 300 g/mol. The van der Waals surface area contributed by atoms with Gasteiger partial charge >= 0.3 is 0 Å². The first kappa shape index (κ1) is 15.5. The number of rotatable bonds is 7. The molecule has 1 aliphatic carbocycles. The van der Waals surface area contributed by atoms with Crippen LogP contribution in [0.3, 0.4) is 0 Å². The van der Waals surface area contributed by atoms with Gasteiger partial charge in [0.25, 0.3) is 0 Å². The quantitative estimate of drug-likeness (QED) is 0.790. The summed E-state index contributed by atoms with van der Waals surface area (Å²) in [5, 5.41) is 10.0. The van der Waals surface area contributed by atoms with E-state index in [1.54, 1.807) is 14.0 Å². The second-order valence-electron chi connectivity index (χ2n) is 5.66. The molecule has 114 valence electrons. The summed E-state index contributed by atoms with van der Waals surface area (Å²) in [6.07, 6.45) is 1.12. The summed E-state index contributed by atoms with van der Waals surface area (Å²) in [5.74, 6) is 1.14. The molecule has 1 fully saturated rings. The van der Waals surface area contributed by atoms with Crippen molar-refractivity contribution >= 4 is 10.0 Å². The van der Waals surface area contributed by atoms with Crippen LogP contribution in [0.5, 0.6) is 0 Å². The minimum absolute atomic E-state index is 0.328. The van der Waals surface area contributed by atoms with Crippen LogP contribution >= 0.6 is 0 Å². The molecule has 0 radical (unpaired) electrons. The van der Waals surface area contributed by atoms with Crippen molar-refractivity contribution < 1.29 is 8.42 Å². The molecule has 20 heavy (non-hydrogen) atoms. The second kappa shape index (κ2) is 5.83. The summed E-state index contributed by atoms with van der Waals surface area (Å²) in [5.41, 5.74) is 1.17. The molecule has 0 bridgehead atoms. The van der Waals surface area contributed by atoms with Crippen molar-refractivity contribution in [2.75, 3.05) is 20.1 Å². The number of nitrogens with one attached hydrogen (secondary N) is 2. The number of hydrogen-bond acceptors (Lipinski definition) is 4. The van der Waals surface area contributed by atoms with E-state index in [2.05, 4.69) is 22.4 Å². The van der Waals surface area contributed by atoms with E-state index in [1.807, 2.05) is 6.92 Å². The van der Waals surface area contributed by atoms with Gasteiger partial charge in [-0.2, -0.15) is 5.10 Å². The maximum atomic E-state index is 12.7. The fraction of sp³-hybridized carbons (Fsp3) is 0.769. The first-order chi connectivity index (χ1) is 9.37. The standard InChI is InChI=1S/C13H24N4O2S/c1-5-14-7-12-13(10(3)15-16-12)20(18,19)17(4)8-11-6-9(11)2/h9,11,14H,5-8H2,1-4H3,(H,15,16). The molecule has 1 aliphatic rings. The van der Waals surface area contributed by atoms with Crippen LogP contribution in [0.15, 0.2) is 4.90 Å². The van der Waals surface area contributed by atoms with Crippen LogP contribution < -0.4 is 5.32 Å². The first-order valence-corrected chi connectivity index (χ1v) is 8.52. The number of sulfonamides is 1. The zero-order chi connectivity index (χ0) is 14.9. The summed E-state index contributed by atoms with van der Waals surface area (Å²) in [6, 6.07) is 0. The lowest BCUT2D eigenvalue weighted by Crippen LogP contribution is -2.30. The minimum atomic E-state index is -3.47. The molecule has 0 amide bonds. The van der Waals surface area contributed by atoms with Crippen molar-refractivity contribution in [1.29, 1.82) is 0 Å². The lowest BCUT2D eigenvalue weighted by molar-refractivity contribution is 0.443. The number of hydrogen-bond donors (Lipinski definition) is 2. The third-order valence-electron chi connectivity index (χ3n) is 3.94. The monoisotopic (exact) mass is 300 g/mol. The first-order valence-electron chi connectivity index (χ1n) is 7.08. The Morgan fingerprint density at radius 2 is 2.15 bits per heavy atom. The third-order valence-corrected chi connectivity index (χ3v) is 5.97. The van der Waals surface area contributed by atoms with Crippen LogP contribution in [-0.4, -0.2) is 43.1 Å². The Balaban J connectivity index is 2.21. The fourth-order valence-electron chi connectivity index (χ4n) is 2.41. The van der Waals surface area contributed by atoms with Gasteiger partial charge in [-0.15, -0.1) is 0 Å². The Hall–Kier alpha value is -0.920. The highest BCUT2D eigenvalue weighted by atomic mass is 32.2. The van der Waals surface area contributed by atoms with Crippen LogP contribution in [0.2, 0.25) is 0 Å². The summed E-state index contributed by atoms with van der Waals surface area (Å²) >= 11 is 0. The summed E-state index contributed by atoms with van der Waals surface area (Å²) in [4.78, 5) is 0.328. The predicted molar refractivity (Wildman–Crippen MR) is 77.8 cm³/mol. The smallest absolute Gasteiger partial charge is 0.246 e. The second-order valence-corrected chi connectivity index (χ2v) is 7.65. The molecule has 0 aromatic carbocycles. The average Bonchev–Trinajstić information content (AvgIpc) is 2.93. The molecule has 0 spiro atoms. The highest BCUT2D eigenvalue weighted by Crippen LogP contribution is 2.39. The van der Waals surface area contributed by atoms with Crippen LogP contribution in [0.25, 0.3) is 0 Å². The highest BCUT2D eigenvalue weighted by Gasteiger charge is 2.37. The minimum Gasteiger partial charge on any atom is -0.311 e. The summed E-state index contributed by atoms with van der Waals surface area (Å²) in [6.45, 7) is 7.72. The van der Waals surface area contributed by atoms with Crippen molar-refractivity contribution in [3.05, 3.63) is 11.4 Å². The van der Waals surface area contributed by atoms with Crippen molar-refractivity contribution in [3.8, 4) is 0 Å². The number of H-pyrrole nitrogens is 1. The van der Waals surface area contributed by atoms with Gasteiger partial charge in [-0.1, -0.05) is 13.8 Å². The third kappa shape index (κ3) is 3.05. The van der Waals surface area contributed by atoms with E-state index >= 15 is 0 Å². The Labute approximate surface area is 121 Å². The Morgan fingerprint density at radius 1 is 1.50 bits per heavy atom. The van der Waals surface area contributed by atoms with E-state index in [4.69, 9.17) is 0 Å². The molecule has 1 aromatic heterocycles. The normalized spacial score (nSPS) is 22.4. The molecule has 2 unspecified atom stereocenters. The Kier molecular flexibility index (Phi) is 4.51. The van der Waals surface area contributed by atoms with E-state index in [-0.39, 0.29) is 0 Å². The topological polar surface area (TPSA) is 78.1 Å². The van der Waals surface area contributed by atoms with Crippen molar-refractivity contribution in [2.45, 2.75) is 38.6 Å². The van der Waals surface area contributed by atoms with Crippen molar-refractivity contribution in [3.63, 3.8) is 0 Å². The largest absolute Gasteiger partial charge is 0.311 e. The molecular formula is C13H24N4O2S. The maximum Gasteiger partial charge on any atom is 0.246 e. The fourth-order valence-corrected chi connectivity index (χ4v) is 3.96. The van der Waals surface area contributed by atoms with Gasteiger partial charge in [0, 0.05) is 20.1 Å². The van der Waals surface area contributed by atoms with E-state index < -0.39 is 10.0 Å². The van der Waals surface area contributed by atoms with Crippen LogP contribution in [0.1, 0.15) is 31.7 Å². The molecule has 2 N–H and O–H groups in total. The number of aryl methyl sites for hydroxylation is 1. The lowest BCUT2D eigenvalue weighted by Gasteiger charge is -2.17. The summed E-state index contributed by atoms with van der Waals surface area (Å²) in [7, 11) is -1.81. The number of aromatic amines is 1. The molecule has 1 saturated carbocycles. The molecular weight excluding hydrogens is 276 g/mol. The van der Waals surface area contributed by atoms with Gasteiger partial charge in [-0.05, 0) is 31.7 Å². The molecule has 0 saturated heterocycles. The maximum absolute atomic E-state index is 12.7. The molecule has 7 heteroatoms. The van der Waals surface area contributed by atoms with Gasteiger partial charge in [-0.3, -0.25) is 5.10 Å². The number of nitrogens with zero attached hydrogens (tertiary/aromatic N) is 2. The van der Waals surface area contributed by atoms with Gasteiger partial charge in [0.1, 0.15) is 4.90 Å². The van der Waals surface area contributed by atoms with Crippen LogP contribution in [-0.2, 0) is 16.6 Å². The molecule has 0 aliphatic heterocycles. The van der Waals surface area contributed by atoms with Crippen molar-refractivity contribution in [2.24, 2.45) is 11.8 Å². The Bertz CT molecular complexity index is 567. The molecule has 2 atom stereocenters. The van der Waals surface area contributed by atoms with E-state index in [1.165, 1.54) is 4.31 Å². The van der Waals surface area contributed by atoms with Gasteiger partial charge < -0.3 is 5.32 Å². The molecule has 6 nitrogen and oxygen atoms in total. The SMILES string of the molecule is CCNCc1n[nH]c(C)c1S(=O)(=O)N(C)CC1CC1C. The van der Waals surface area contributed by atoms with Crippen molar-refractivity contribution in [1.82, 2.24) is 19.8 Å². The highest BCUT2D eigenvalue weighted by molar-refractivity contribution is 7.89. The van der Waals surface area contributed by atoms with Gasteiger partial charge in [-0.25, -0.2) is 12.7 Å². The molecule has 1 aromatic rings. The van der Waals surface area contributed by atoms with E-state index in [0.29, 0.717) is 41.2 Å². The van der Waals surface area contributed by atoms with Gasteiger partial charge in [0.05, 0.1) is 11.4 Å². The van der Waals surface area contributed by atoms with Gasteiger partial charge in [0.2, 0.25) is 10.0 Å². The Morgan fingerprint density at radius 3 is 2.70 bits per heavy atom. The number of aromatic nitrogens is 2. The molecule has 2 rings (SSSR count). The van der Waals surface area contributed by atoms with E-state index in [0.717, 1.165) is 13.0 Å². The van der Waals surface area contributed by atoms with Gasteiger partial charge in [0.15, 0.2) is 0 Å². The summed E-state index contributed by atoms with van der Waals surface area (Å²) < 4.78 is 26.9. The van der Waals surface area contributed by atoms with E-state index in [9.17, 15) is 8.42 Å².